The number of amides is 1. The fourth-order valence-corrected chi connectivity index (χ4v) is 3.46. The van der Waals surface area contributed by atoms with Gasteiger partial charge in [0.15, 0.2) is 0 Å². The molecule has 3 aromatic rings. The molecule has 1 saturated heterocycles. The summed E-state index contributed by atoms with van der Waals surface area (Å²) in [6.45, 7) is 2.70. The highest BCUT2D eigenvalue weighted by Gasteiger charge is 2.20. The van der Waals surface area contributed by atoms with Crippen molar-refractivity contribution in [3.05, 3.63) is 66.6 Å². The smallest absolute Gasteiger partial charge is 0.269 e. The van der Waals surface area contributed by atoms with Crippen molar-refractivity contribution in [2.24, 2.45) is 5.92 Å². The van der Waals surface area contributed by atoms with E-state index in [0.717, 1.165) is 36.8 Å². The molecule has 0 spiro atoms. The highest BCUT2D eigenvalue weighted by Crippen LogP contribution is 2.22. The molecule has 0 aliphatic carbocycles. The average Bonchev–Trinajstić information content (AvgIpc) is 2.72. The maximum atomic E-state index is 12.4. The van der Waals surface area contributed by atoms with Crippen molar-refractivity contribution in [1.82, 2.24) is 15.3 Å². The number of nitrogens with one attached hydrogen (secondary N) is 1. The van der Waals surface area contributed by atoms with E-state index in [0.29, 0.717) is 18.2 Å². The van der Waals surface area contributed by atoms with Gasteiger partial charge in [0.1, 0.15) is 5.69 Å². The van der Waals surface area contributed by atoms with Crippen LogP contribution >= 0.6 is 0 Å². The minimum absolute atomic E-state index is 0.0922. The van der Waals surface area contributed by atoms with Crippen LogP contribution in [0.3, 0.4) is 0 Å². The molecule has 0 radical (unpaired) electrons. The quantitative estimate of drug-likeness (QED) is 0.788. The lowest BCUT2D eigenvalue weighted by Crippen LogP contribution is -2.38. The first-order valence-corrected chi connectivity index (χ1v) is 9.08. The zero-order valence-corrected chi connectivity index (χ0v) is 14.6. The molecule has 1 amide bonds. The standard InChI is InChI=1S/C21H22N4O/c26-21(20-8-7-17-4-1-2-6-19(17)24-20)23-14-16-9-12-25(13-10-16)18-5-3-11-22-15-18/h1-8,11,15-16H,9-10,12-14H2,(H,23,26). The summed E-state index contributed by atoms with van der Waals surface area (Å²) in [5.41, 5.74) is 2.51. The van der Waals surface area contributed by atoms with E-state index in [1.165, 1.54) is 5.69 Å². The van der Waals surface area contributed by atoms with Crippen LogP contribution in [0.1, 0.15) is 23.3 Å². The summed E-state index contributed by atoms with van der Waals surface area (Å²) >= 11 is 0. The highest BCUT2D eigenvalue weighted by molar-refractivity contribution is 5.94. The van der Waals surface area contributed by atoms with E-state index in [1.807, 2.05) is 42.6 Å². The first-order valence-electron chi connectivity index (χ1n) is 9.08. The predicted molar refractivity (Wildman–Crippen MR) is 103 cm³/mol. The third-order valence-corrected chi connectivity index (χ3v) is 5.01. The zero-order valence-electron chi connectivity index (χ0n) is 14.6. The van der Waals surface area contributed by atoms with E-state index in [1.54, 1.807) is 12.3 Å². The predicted octanol–water partition coefficient (Wildman–Crippen LogP) is 3.28. The van der Waals surface area contributed by atoms with E-state index in [-0.39, 0.29) is 5.91 Å². The van der Waals surface area contributed by atoms with Gasteiger partial charge in [0.05, 0.1) is 17.4 Å². The third-order valence-electron chi connectivity index (χ3n) is 5.01. The Morgan fingerprint density at radius 2 is 1.92 bits per heavy atom. The molecular weight excluding hydrogens is 324 g/mol. The Labute approximate surface area is 153 Å². The first kappa shape index (κ1) is 16.5. The van der Waals surface area contributed by atoms with Gasteiger partial charge >= 0.3 is 0 Å². The van der Waals surface area contributed by atoms with Crippen LogP contribution in [0.5, 0.6) is 0 Å². The number of para-hydroxylation sites is 1. The van der Waals surface area contributed by atoms with Gasteiger partial charge in [-0.2, -0.15) is 0 Å². The lowest BCUT2D eigenvalue weighted by Gasteiger charge is -2.33. The minimum atomic E-state index is -0.0922. The number of carbonyl (C=O) groups is 1. The van der Waals surface area contributed by atoms with E-state index in [2.05, 4.69) is 26.3 Å². The Balaban J connectivity index is 1.31. The summed E-state index contributed by atoms with van der Waals surface area (Å²) in [6, 6.07) is 15.7. The fourth-order valence-electron chi connectivity index (χ4n) is 3.46. The van der Waals surface area contributed by atoms with Crippen LogP contribution in [0.15, 0.2) is 60.9 Å². The number of carbonyl (C=O) groups excluding carboxylic acids is 1. The molecule has 0 unspecified atom stereocenters. The molecule has 132 valence electrons. The van der Waals surface area contributed by atoms with Crippen molar-refractivity contribution in [2.75, 3.05) is 24.5 Å². The summed E-state index contributed by atoms with van der Waals surface area (Å²) in [7, 11) is 0. The Morgan fingerprint density at radius 1 is 1.08 bits per heavy atom. The van der Waals surface area contributed by atoms with Crippen molar-refractivity contribution < 1.29 is 4.79 Å². The number of nitrogens with zero attached hydrogens (tertiary/aromatic N) is 3. The number of fused-ring (bicyclic) bond motifs is 1. The van der Waals surface area contributed by atoms with Crippen LogP contribution in [-0.4, -0.2) is 35.5 Å². The molecule has 1 N–H and O–H groups in total. The van der Waals surface area contributed by atoms with Gasteiger partial charge in [-0.3, -0.25) is 9.78 Å². The highest BCUT2D eigenvalue weighted by atomic mass is 16.1. The third kappa shape index (κ3) is 3.67. The molecule has 4 rings (SSSR count). The monoisotopic (exact) mass is 346 g/mol. The average molecular weight is 346 g/mol. The first-order chi connectivity index (χ1) is 12.8. The van der Waals surface area contributed by atoms with Gasteiger partial charge in [-0.05, 0) is 43.0 Å². The molecular formula is C21H22N4O. The van der Waals surface area contributed by atoms with Gasteiger partial charge in [-0.15, -0.1) is 0 Å². The molecule has 0 saturated carbocycles. The molecule has 26 heavy (non-hydrogen) atoms. The van der Waals surface area contributed by atoms with Crippen LogP contribution in [-0.2, 0) is 0 Å². The number of anilines is 1. The van der Waals surface area contributed by atoms with Gasteiger partial charge in [-0.1, -0.05) is 24.3 Å². The van der Waals surface area contributed by atoms with E-state index in [9.17, 15) is 4.79 Å². The van der Waals surface area contributed by atoms with E-state index in [4.69, 9.17) is 0 Å². The van der Waals surface area contributed by atoms with Gasteiger partial charge in [0.2, 0.25) is 0 Å². The molecule has 2 aromatic heterocycles. The number of pyridine rings is 2. The summed E-state index contributed by atoms with van der Waals surface area (Å²) in [4.78, 5) is 23.4. The summed E-state index contributed by atoms with van der Waals surface area (Å²) in [5.74, 6) is 0.415. The molecule has 0 bridgehead atoms. The molecule has 3 heterocycles. The Morgan fingerprint density at radius 3 is 2.73 bits per heavy atom. The summed E-state index contributed by atoms with van der Waals surface area (Å²) in [5, 5.41) is 4.10. The van der Waals surface area contributed by atoms with E-state index < -0.39 is 0 Å². The van der Waals surface area contributed by atoms with Gasteiger partial charge in [-0.25, -0.2) is 4.98 Å². The maximum absolute atomic E-state index is 12.4. The second-order valence-corrected chi connectivity index (χ2v) is 6.74. The topological polar surface area (TPSA) is 58.1 Å². The molecule has 5 nitrogen and oxygen atoms in total. The van der Waals surface area contributed by atoms with Gasteiger partial charge < -0.3 is 10.2 Å². The Hall–Kier alpha value is -2.95. The molecule has 1 aromatic carbocycles. The summed E-state index contributed by atoms with van der Waals surface area (Å²) < 4.78 is 0. The van der Waals surface area contributed by atoms with Gasteiger partial charge in [0, 0.05) is 31.2 Å². The minimum Gasteiger partial charge on any atom is -0.370 e. The number of hydrogen-bond donors (Lipinski definition) is 1. The molecule has 1 aliphatic rings. The normalized spacial score (nSPS) is 15.2. The number of aromatic nitrogens is 2. The number of hydrogen-bond acceptors (Lipinski definition) is 4. The molecule has 0 atom stereocenters. The fraction of sp³-hybridized carbons (Fsp3) is 0.286. The molecule has 1 aliphatic heterocycles. The van der Waals surface area contributed by atoms with Crippen LogP contribution in [0.25, 0.3) is 10.9 Å². The van der Waals surface area contributed by atoms with Crippen molar-refractivity contribution in [2.45, 2.75) is 12.8 Å². The van der Waals surface area contributed by atoms with Crippen LogP contribution in [0, 0.1) is 5.92 Å². The zero-order chi connectivity index (χ0) is 17.8. The Bertz CT molecular complexity index is 889. The second kappa shape index (κ2) is 7.52. The van der Waals surface area contributed by atoms with Crippen LogP contribution < -0.4 is 10.2 Å². The largest absolute Gasteiger partial charge is 0.370 e. The number of benzene rings is 1. The van der Waals surface area contributed by atoms with Crippen molar-refractivity contribution >= 4 is 22.5 Å². The Kier molecular flexibility index (Phi) is 4.78. The number of piperidine rings is 1. The van der Waals surface area contributed by atoms with Crippen LogP contribution in [0.2, 0.25) is 0 Å². The van der Waals surface area contributed by atoms with Crippen molar-refractivity contribution in [1.29, 1.82) is 0 Å². The van der Waals surface area contributed by atoms with E-state index >= 15 is 0 Å². The summed E-state index contributed by atoms with van der Waals surface area (Å²) in [6.07, 6.45) is 5.85. The van der Waals surface area contributed by atoms with Crippen LogP contribution in [0.4, 0.5) is 5.69 Å². The maximum Gasteiger partial charge on any atom is 0.269 e. The molecule has 1 fully saturated rings. The SMILES string of the molecule is O=C(NCC1CCN(c2cccnc2)CC1)c1ccc2ccccc2n1. The van der Waals surface area contributed by atoms with Crippen molar-refractivity contribution in [3.8, 4) is 0 Å². The van der Waals surface area contributed by atoms with Gasteiger partial charge in [0.25, 0.3) is 5.91 Å². The lowest BCUT2D eigenvalue weighted by molar-refractivity contribution is 0.0940. The number of rotatable bonds is 4. The van der Waals surface area contributed by atoms with Crippen molar-refractivity contribution in [3.63, 3.8) is 0 Å². The molecule has 5 heteroatoms. The second-order valence-electron chi connectivity index (χ2n) is 6.74. The lowest BCUT2D eigenvalue weighted by atomic mass is 9.96.